The summed E-state index contributed by atoms with van der Waals surface area (Å²) in [5.74, 6) is -0.894. The largest absolute Gasteiger partial charge is 0.458 e. The second-order valence-electron chi connectivity index (χ2n) is 8.43. The number of aliphatic hydroxyl groups is 1. The normalized spacial score (nSPS) is 22.6. The number of hydrogen-bond acceptors (Lipinski definition) is 9. The molecule has 0 saturated carbocycles. The molecular weight excluding hydrogens is 396 g/mol. The molecule has 1 saturated heterocycles. The Labute approximate surface area is 174 Å². The maximum absolute atomic E-state index is 12.7. The average molecular weight is 426 g/mol. The van der Waals surface area contributed by atoms with Crippen molar-refractivity contribution in [1.82, 2.24) is 14.9 Å². The van der Waals surface area contributed by atoms with E-state index in [1.165, 1.54) is 16.8 Å². The van der Waals surface area contributed by atoms with Crippen LogP contribution >= 0.6 is 0 Å². The van der Waals surface area contributed by atoms with Crippen LogP contribution in [0, 0.1) is 5.92 Å². The Kier molecular flexibility index (Phi) is 7.43. The third kappa shape index (κ3) is 6.17. The van der Waals surface area contributed by atoms with E-state index in [9.17, 15) is 19.5 Å². The fourth-order valence-electron chi connectivity index (χ4n) is 2.96. The lowest BCUT2D eigenvalue weighted by atomic mass is 10.0. The number of carbonyl (C=O) groups is 2. The summed E-state index contributed by atoms with van der Waals surface area (Å²) in [6.45, 7) is 8.22. The highest BCUT2D eigenvalue weighted by Crippen LogP contribution is 2.30. The highest BCUT2D eigenvalue weighted by Gasteiger charge is 2.40. The summed E-state index contributed by atoms with van der Waals surface area (Å²) in [5, 5.41) is 12.1. The molecule has 1 amide bonds. The molecule has 4 atom stereocenters. The van der Waals surface area contributed by atoms with Gasteiger partial charge < -0.3 is 30.4 Å². The SMILES string of the molecule is CC(C)[C@@H](NC(=O)OC(C)(C)C)C(=O)OC1C[C@@H](n2ccc(N)nc2=O)O[C@H]1CO. The molecule has 2 rings (SSSR count). The van der Waals surface area contributed by atoms with Crippen molar-refractivity contribution in [2.75, 3.05) is 12.3 Å². The lowest BCUT2D eigenvalue weighted by Gasteiger charge is -2.26. The van der Waals surface area contributed by atoms with Crippen molar-refractivity contribution in [3.8, 4) is 0 Å². The fourth-order valence-corrected chi connectivity index (χ4v) is 2.96. The van der Waals surface area contributed by atoms with Gasteiger partial charge in [0.05, 0.1) is 6.61 Å². The minimum absolute atomic E-state index is 0.0731. The van der Waals surface area contributed by atoms with E-state index >= 15 is 0 Å². The Morgan fingerprint density at radius 2 is 2.10 bits per heavy atom. The predicted octanol–water partition coefficient (Wildman–Crippen LogP) is 0.566. The topological polar surface area (TPSA) is 155 Å². The molecule has 1 aromatic rings. The molecule has 30 heavy (non-hydrogen) atoms. The molecule has 1 aromatic heterocycles. The zero-order valence-electron chi connectivity index (χ0n) is 17.8. The number of aliphatic hydroxyl groups excluding tert-OH is 1. The van der Waals surface area contributed by atoms with Crippen LogP contribution in [-0.4, -0.2) is 57.2 Å². The smallest absolute Gasteiger partial charge is 0.408 e. The summed E-state index contributed by atoms with van der Waals surface area (Å²) in [4.78, 5) is 40.5. The van der Waals surface area contributed by atoms with Crippen LogP contribution in [0.4, 0.5) is 10.6 Å². The van der Waals surface area contributed by atoms with Crippen molar-refractivity contribution in [2.45, 2.75) is 71.1 Å². The summed E-state index contributed by atoms with van der Waals surface area (Å²) in [6, 6.07) is 0.483. The molecule has 1 aliphatic rings. The predicted molar refractivity (Wildman–Crippen MR) is 106 cm³/mol. The van der Waals surface area contributed by atoms with E-state index in [-0.39, 0.29) is 18.2 Å². The van der Waals surface area contributed by atoms with E-state index in [4.69, 9.17) is 19.9 Å². The van der Waals surface area contributed by atoms with Gasteiger partial charge in [0.2, 0.25) is 0 Å². The first kappa shape index (κ1) is 23.6. The molecule has 1 unspecified atom stereocenters. The van der Waals surface area contributed by atoms with E-state index in [0.29, 0.717) is 0 Å². The van der Waals surface area contributed by atoms with E-state index in [2.05, 4.69) is 10.3 Å². The molecule has 1 fully saturated rings. The van der Waals surface area contributed by atoms with Crippen LogP contribution in [0.25, 0.3) is 0 Å². The number of amides is 1. The summed E-state index contributed by atoms with van der Waals surface area (Å²) in [7, 11) is 0. The van der Waals surface area contributed by atoms with Crippen LogP contribution in [0.1, 0.15) is 47.3 Å². The van der Waals surface area contributed by atoms with Crippen LogP contribution in [0.5, 0.6) is 0 Å². The number of hydrogen-bond donors (Lipinski definition) is 3. The van der Waals surface area contributed by atoms with Gasteiger partial charge in [-0.05, 0) is 32.8 Å². The van der Waals surface area contributed by atoms with Crippen molar-refractivity contribution in [1.29, 1.82) is 0 Å². The lowest BCUT2D eigenvalue weighted by Crippen LogP contribution is -2.48. The molecule has 0 spiro atoms. The van der Waals surface area contributed by atoms with Gasteiger partial charge in [-0.1, -0.05) is 13.8 Å². The van der Waals surface area contributed by atoms with Gasteiger partial charge in [0.1, 0.15) is 35.9 Å². The number of alkyl carbamates (subject to hydrolysis) is 1. The van der Waals surface area contributed by atoms with Gasteiger partial charge in [-0.25, -0.2) is 14.4 Å². The molecule has 0 bridgehead atoms. The van der Waals surface area contributed by atoms with Gasteiger partial charge in [0, 0.05) is 12.6 Å². The van der Waals surface area contributed by atoms with Crippen LogP contribution in [0.3, 0.4) is 0 Å². The van der Waals surface area contributed by atoms with Crippen molar-refractivity contribution in [2.24, 2.45) is 5.92 Å². The number of esters is 1. The average Bonchev–Trinajstić information content (AvgIpc) is 3.00. The van der Waals surface area contributed by atoms with E-state index in [0.717, 1.165) is 0 Å². The third-order valence-electron chi connectivity index (χ3n) is 4.38. The lowest BCUT2D eigenvalue weighted by molar-refractivity contribution is -0.156. The first-order valence-corrected chi connectivity index (χ1v) is 9.72. The van der Waals surface area contributed by atoms with Crippen LogP contribution < -0.4 is 16.7 Å². The summed E-state index contributed by atoms with van der Waals surface area (Å²) in [6.07, 6.45) is -1.63. The van der Waals surface area contributed by atoms with E-state index in [1.807, 2.05) is 0 Å². The van der Waals surface area contributed by atoms with Crippen LogP contribution in [-0.2, 0) is 19.0 Å². The Morgan fingerprint density at radius 1 is 1.43 bits per heavy atom. The second-order valence-corrected chi connectivity index (χ2v) is 8.43. The molecule has 1 aliphatic heterocycles. The summed E-state index contributed by atoms with van der Waals surface area (Å²) < 4.78 is 17.6. The molecule has 11 nitrogen and oxygen atoms in total. The Balaban J connectivity index is 2.09. The number of nitrogens with zero attached hydrogens (tertiary/aromatic N) is 2. The molecular formula is C19H30N4O7. The molecule has 11 heteroatoms. The highest BCUT2D eigenvalue weighted by molar-refractivity contribution is 5.81. The number of nitrogens with one attached hydrogen (secondary N) is 1. The van der Waals surface area contributed by atoms with Crippen LogP contribution in [0.15, 0.2) is 17.1 Å². The van der Waals surface area contributed by atoms with Crippen molar-refractivity contribution < 1.29 is 28.9 Å². The first-order valence-electron chi connectivity index (χ1n) is 9.72. The van der Waals surface area contributed by atoms with Gasteiger partial charge in [0.15, 0.2) is 0 Å². The number of anilines is 1. The zero-order valence-corrected chi connectivity index (χ0v) is 17.8. The number of nitrogen functional groups attached to an aromatic ring is 1. The maximum atomic E-state index is 12.7. The van der Waals surface area contributed by atoms with E-state index in [1.54, 1.807) is 34.6 Å². The summed E-state index contributed by atoms with van der Waals surface area (Å²) >= 11 is 0. The number of carbonyl (C=O) groups excluding carboxylic acids is 2. The van der Waals surface area contributed by atoms with Crippen molar-refractivity contribution >= 4 is 17.9 Å². The summed E-state index contributed by atoms with van der Waals surface area (Å²) in [5.41, 5.74) is 4.16. The Bertz CT molecular complexity index is 818. The number of ether oxygens (including phenoxy) is 3. The molecule has 0 aromatic carbocycles. The first-order chi connectivity index (χ1) is 13.9. The molecule has 0 aliphatic carbocycles. The monoisotopic (exact) mass is 426 g/mol. The van der Waals surface area contributed by atoms with Gasteiger partial charge >= 0.3 is 17.8 Å². The highest BCUT2D eigenvalue weighted by atomic mass is 16.6. The van der Waals surface area contributed by atoms with Crippen LogP contribution in [0.2, 0.25) is 0 Å². The number of nitrogens with two attached hydrogens (primary N) is 1. The third-order valence-corrected chi connectivity index (χ3v) is 4.38. The maximum Gasteiger partial charge on any atom is 0.408 e. The Hall–Kier alpha value is -2.66. The van der Waals surface area contributed by atoms with Crippen molar-refractivity contribution in [3.05, 3.63) is 22.7 Å². The molecule has 0 radical (unpaired) electrons. The van der Waals surface area contributed by atoms with Gasteiger partial charge in [0.25, 0.3) is 0 Å². The van der Waals surface area contributed by atoms with Gasteiger partial charge in [-0.2, -0.15) is 4.98 Å². The van der Waals surface area contributed by atoms with E-state index < -0.39 is 54.4 Å². The minimum Gasteiger partial charge on any atom is -0.458 e. The molecule has 4 N–H and O–H groups in total. The minimum atomic E-state index is -0.959. The second kappa shape index (κ2) is 9.43. The number of rotatable bonds is 6. The zero-order chi connectivity index (χ0) is 22.6. The molecule has 168 valence electrons. The fraction of sp³-hybridized carbons (Fsp3) is 0.684. The number of aromatic nitrogens is 2. The van der Waals surface area contributed by atoms with Gasteiger partial charge in [-0.3, -0.25) is 4.57 Å². The van der Waals surface area contributed by atoms with Gasteiger partial charge in [-0.15, -0.1) is 0 Å². The van der Waals surface area contributed by atoms with Crippen molar-refractivity contribution in [3.63, 3.8) is 0 Å². The Morgan fingerprint density at radius 3 is 2.63 bits per heavy atom. The quantitative estimate of drug-likeness (QED) is 0.553. The standard InChI is InChI=1S/C19H30N4O7/c1-10(2)15(22-18(27)30-19(3,4)5)16(25)29-11-8-14(28-12(11)9-24)23-7-6-13(20)21-17(23)26/h6-7,10-12,14-15,24H,8-9H2,1-5H3,(H,22,27)(H2,20,21,26)/t11?,12-,14-,15+/m0/s1. The molecule has 2 heterocycles.